The van der Waals surface area contributed by atoms with Gasteiger partial charge >= 0.3 is 0 Å². The quantitative estimate of drug-likeness (QED) is 0.908. The molecule has 114 valence electrons. The third-order valence-electron chi connectivity index (χ3n) is 3.72. The normalized spacial score (nSPS) is 16.6. The van der Waals surface area contributed by atoms with Gasteiger partial charge in [0, 0.05) is 30.6 Å². The highest BCUT2D eigenvalue weighted by molar-refractivity contribution is 5.92. The average molecular weight is 289 g/mol. The van der Waals surface area contributed by atoms with Crippen LogP contribution >= 0.6 is 0 Å². The number of nitrogens with one attached hydrogen (secondary N) is 1. The monoisotopic (exact) mass is 289 g/mol. The Morgan fingerprint density at radius 1 is 1.29 bits per heavy atom. The van der Waals surface area contributed by atoms with Gasteiger partial charge in [-0.1, -0.05) is 20.8 Å². The fourth-order valence-corrected chi connectivity index (χ4v) is 2.50. The first-order valence-electron chi connectivity index (χ1n) is 7.38. The van der Waals surface area contributed by atoms with Crippen LogP contribution in [0.15, 0.2) is 24.5 Å². The van der Waals surface area contributed by atoms with Crippen molar-refractivity contribution < 1.29 is 9.59 Å². The van der Waals surface area contributed by atoms with Crippen LogP contribution in [-0.2, 0) is 9.59 Å². The van der Waals surface area contributed by atoms with Gasteiger partial charge in [0.1, 0.15) is 0 Å². The molecule has 2 rings (SSSR count). The molecular formula is C16H23N3O2. The Labute approximate surface area is 125 Å². The smallest absolute Gasteiger partial charge is 0.227 e. The molecule has 0 aliphatic carbocycles. The second-order valence-electron chi connectivity index (χ2n) is 6.55. The van der Waals surface area contributed by atoms with Crippen molar-refractivity contribution in [3.63, 3.8) is 0 Å². The molecular weight excluding hydrogens is 266 g/mol. The van der Waals surface area contributed by atoms with Crippen LogP contribution in [0.2, 0.25) is 0 Å². The summed E-state index contributed by atoms with van der Waals surface area (Å²) < 4.78 is 0. The van der Waals surface area contributed by atoms with E-state index < -0.39 is 0 Å². The maximum absolute atomic E-state index is 12.2. The number of likely N-dealkylation sites (tertiary alicyclic amines) is 1. The van der Waals surface area contributed by atoms with E-state index in [4.69, 9.17) is 0 Å². The molecule has 1 aromatic rings. The van der Waals surface area contributed by atoms with Gasteiger partial charge < -0.3 is 10.2 Å². The molecule has 0 atom stereocenters. The summed E-state index contributed by atoms with van der Waals surface area (Å²) in [4.78, 5) is 30.2. The molecule has 2 amide bonds. The fourth-order valence-electron chi connectivity index (χ4n) is 2.50. The van der Waals surface area contributed by atoms with Gasteiger partial charge in [-0.25, -0.2) is 0 Å². The molecule has 0 aromatic carbocycles. The van der Waals surface area contributed by atoms with E-state index in [1.807, 2.05) is 31.7 Å². The lowest BCUT2D eigenvalue weighted by atomic mass is 9.90. The molecule has 1 saturated heterocycles. The largest absolute Gasteiger partial charge is 0.342 e. The van der Waals surface area contributed by atoms with Crippen molar-refractivity contribution >= 4 is 17.5 Å². The van der Waals surface area contributed by atoms with E-state index in [1.165, 1.54) is 0 Å². The molecule has 1 fully saturated rings. The summed E-state index contributed by atoms with van der Waals surface area (Å²) in [6.07, 6.45) is 4.74. The number of hydrogen-bond donors (Lipinski definition) is 1. The van der Waals surface area contributed by atoms with Crippen molar-refractivity contribution in [2.45, 2.75) is 33.6 Å². The second-order valence-corrected chi connectivity index (χ2v) is 6.55. The molecule has 1 N–H and O–H groups in total. The standard InChI is InChI=1S/C16H23N3O2/c1-16(2,3)15(21)19-9-6-12(7-10-19)14(20)18-13-5-4-8-17-11-13/h4-5,8,11-12H,6-7,9-10H2,1-3H3,(H,18,20). The first kappa shape index (κ1) is 15.5. The number of carbonyl (C=O) groups is 2. The molecule has 1 aliphatic rings. The summed E-state index contributed by atoms with van der Waals surface area (Å²) in [6.45, 7) is 7.09. The van der Waals surface area contributed by atoms with Crippen LogP contribution in [0, 0.1) is 11.3 Å². The van der Waals surface area contributed by atoms with Gasteiger partial charge in [-0.3, -0.25) is 14.6 Å². The van der Waals surface area contributed by atoms with Crippen LogP contribution in [0.3, 0.4) is 0 Å². The predicted octanol–water partition coefficient (Wildman–Crippen LogP) is 2.30. The Kier molecular flexibility index (Phi) is 4.60. The number of nitrogens with zero attached hydrogens (tertiary/aromatic N) is 2. The Balaban J connectivity index is 1.86. The molecule has 1 aromatic heterocycles. The zero-order chi connectivity index (χ0) is 15.5. The molecule has 1 aliphatic heterocycles. The predicted molar refractivity (Wildman–Crippen MR) is 81.6 cm³/mol. The maximum atomic E-state index is 12.2. The third kappa shape index (κ3) is 4.03. The third-order valence-corrected chi connectivity index (χ3v) is 3.72. The van der Waals surface area contributed by atoms with Gasteiger partial charge in [0.05, 0.1) is 11.9 Å². The van der Waals surface area contributed by atoms with Gasteiger partial charge in [-0.2, -0.15) is 0 Å². The Hall–Kier alpha value is -1.91. The molecule has 0 unspecified atom stereocenters. The highest BCUT2D eigenvalue weighted by atomic mass is 16.2. The van der Waals surface area contributed by atoms with Gasteiger partial charge in [0.25, 0.3) is 0 Å². The van der Waals surface area contributed by atoms with Crippen molar-refractivity contribution in [2.24, 2.45) is 11.3 Å². The minimum Gasteiger partial charge on any atom is -0.342 e. The summed E-state index contributed by atoms with van der Waals surface area (Å²) in [6, 6.07) is 3.61. The molecule has 0 saturated carbocycles. The Morgan fingerprint density at radius 2 is 1.95 bits per heavy atom. The van der Waals surface area contributed by atoms with E-state index in [0.717, 1.165) is 5.69 Å². The number of aromatic nitrogens is 1. The van der Waals surface area contributed by atoms with E-state index in [-0.39, 0.29) is 23.1 Å². The SMILES string of the molecule is CC(C)(C)C(=O)N1CCC(C(=O)Nc2cccnc2)CC1. The summed E-state index contributed by atoms with van der Waals surface area (Å²) >= 11 is 0. The summed E-state index contributed by atoms with van der Waals surface area (Å²) in [5.41, 5.74) is 0.362. The molecule has 0 radical (unpaired) electrons. The lowest BCUT2D eigenvalue weighted by Crippen LogP contribution is -2.45. The number of carbonyl (C=O) groups excluding carboxylic acids is 2. The van der Waals surface area contributed by atoms with Crippen molar-refractivity contribution in [3.05, 3.63) is 24.5 Å². The van der Waals surface area contributed by atoms with Crippen molar-refractivity contribution in [2.75, 3.05) is 18.4 Å². The lowest BCUT2D eigenvalue weighted by molar-refractivity contribution is -0.142. The zero-order valence-electron chi connectivity index (χ0n) is 12.9. The lowest BCUT2D eigenvalue weighted by Gasteiger charge is -2.35. The van der Waals surface area contributed by atoms with Gasteiger partial charge in [-0.15, -0.1) is 0 Å². The first-order valence-corrected chi connectivity index (χ1v) is 7.38. The number of hydrogen-bond acceptors (Lipinski definition) is 3. The van der Waals surface area contributed by atoms with Crippen molar-refractivity contribution in [3.8, 4) is 0 Å². The molecule has 5 heteroatoms. The summed E-state index contributed by atoms with van der Waals surface area (Å²) in [7, 11) is 0. The Bertz CT molecular complexity index is 500. The van der Waals surface area contributed by atoms with E-state index in [0.29, 0.717) is 25.9 Å². The number of pyridine rings is 1. The molecule has 0 spiro atoms. The van der Waals surface area contributed by atoms with Crippen molar-refractivity contribution in [1.82, 2.24) is 9.88 Å². The van der Waals surface area contributed by atoms with Crippen LogP contribution in [0.25, 0.3) is 0 Å². The zero-order valence-corrected chi connectivity index (χ0v) is 12.9. The molecule has 0 bridgehead atoms. The van der Waals surface area contributed by atoms with Crippen LogP contribution in [0.4, 0.5) is 5.69 Å². The van der Waals surface area contributed by atoms with Crippen molar-refractivity contribution in [1.29, 1.82) is 0 Å². The minimum atomic E-state index is -0.356. The van der Waals surface area contributed by atoms with E-state index >= 15 is 0 Å². The van der Waals surface area contributed by atoms with Crippen LogP contribution in [-0.4, -0.2) is 34.8 Å². The second kappa shape index (κ2) is 6.24. The first-order chi connectivity index (χ1) is 9.88. The average Bonchev–Trinajstić information content (AvgIpc) is 2.46. The highest BCUT2D eigenvalue weighted by Crippen LogP contribution is 2.24. The Morgan fingerprint density at radius 3 is 2.48 bits per heavy atom. The summed E-state index contributed by atoms with van der Waals surface area (Å²) in [5, 5.41) is 2.88. The van der Waals surface area contributed by atoms with Gasteiger partial charge in [0.2, 0.25) is 11.8 Å². The van der Waals surface area contributed by atoms with Crippen LogP contribution < -0.4 is 5.32 Å². The van der Waals surface area contributed by atoms with E-state index in [1.54, 1.807) is 18.5 Å². The molecule has 5 nitrogen and oxygen atoms in total. The minimum absolute atomic E-state index is 0.0193. The van der Waals surface area contributed by atoms with E-state index in [2.05, 4.69) is 10.3 Å². The number of piperidine rings is 1. The van der Waals surface area contributed by atoms with Crippen LogP contribution in [0.5, 0.6) is 0 Å². The summed E-state index contributed by atoms with van der Waals surface area (Å²) in [5.74, 6) is 0.147. The number of anilines is 1. The fraction of sp³-hybridized carbons (Fsp3) is 0.562. The topological polar surface area (TPSA) is 62.3 Å². The van der Waals surface area contributed by atoms with Gasteiger partial charge in [0.15, 0.2) is 0 Å². The van der Waals surface area contributed by atoms with Crippen LogP contribution in [0.1, 0.15) is 33.6 Å². The van der Waals surface area contributed by atoms with E-state index in [9.17, 15) is 9.59 Å². The maximum Gasteiger partial charge on any atom is 0.227 e. The molecule has 21 heavy (non-hydrogen) atoms. The highest BCUT2D eigenvalue weighted by Gasteiger charge is 2.32. The number of rotatable bonds is 2. The number of amides is 2. The van der Waals surface area contributed by atoms with Gasteiger partial charge in [-0.05, 0) is 25.0 Å². The molecule has 2 heterocycles.